The lowest BCUT2D eigenvalue weighted by Crippen LogP contribution is -2.44. The number of imide groups is 1. The smallest absolute Gasteiger partial charge is 0.417 e. The van der Waals surface area contributed by atoms with E-state index in [2.05, 4.69) is 40.4 Å². The van der Waals surface area contributed by atoms with Crippen LogP contribution in [-0.2, 0) is 18.8 Å². The molecule has 1 aromatic carbocycles. The van der Waals surface area contributed by atoms with Gasteiger partial charge < -0.3 is 13.9 Å². The Labute approximate surface area is 238 Å². The van der Waals surface area contributed by atoms with Crippen molar-refractivity contribution in [3.05, 3.63) is 34.3 Å². The number of amides is 2. The molecular weight excluding hydrogens is 545 g/mol. The fraction of sp³-hybridized carbons (Fsp3) is 0.607. The highest BCUT2D eigenvalue weighted by Gasteiger charge is 2.37. The summed E-state index contributed by atoms with van der Waals surface area (Å²) < 4.78 is 17.3. The van der Waals surface area contributed by atoms with Crippen molar-refractivity contribution in [1.82, 2.24) is 4.90 Å². The summed E-state index contributed by atoms with van der Waals surface area (Å²) >= 11 is 12.7. The number of Topliss-reactive ketones (excluding diaryl/α,β-unsaturated/α-hetero) is 1. The number of carbonyl (C=O) groups is 3. The topological polar surface area (TPSA) is 82.1 Å². The minimum Gasteiger partial charge on any atom is -0.482 e. The van der Waals surface area contributed by atoms with E-state index in [-0.39, 0.29) is 45.2 Å². The molecule has 0 aliphatic carbocycles. The molecule has 0 atom stereocenters. The van der Waals surface area contributed by atoms with Crippen molar-refractivity contribution in [3.63, 3.8) is 0 Å². The zero-order chi connectivity index (χ0) is 29.5. The summed E-state index contributed by atoms with van der Waals surface area (Å²) in [5.41, 5.74) is -0.124. The number of ether oxygens (including phenoxy) is 2. The summed E-state index contributed by atoms with van der Waals surface area (Å²) in [5.74, 6) is -0.585. The molecule has 0 aliphatic rings. The van der Waals surface area contributed by atoms with Gasteiger partial charge in [-0.25, -0.2) is 9.69 Å². The van der Waals surface area contributed by atoms with Gasteiger partial charge in [0.1, 0.15) is 16.4 Å². The van der Waals surface area contributed by atoms with E-state index in [1.165, 1.54) is 6.07 Å². The van der Waals surface area contributed by atoms with Crippen LogP contribution >= 0.6 is 23.2 Å². The number of carbonyl (C=O) groups excluding carboxylic acids is 3. The fourth-order valence-electron chi connectivity index (χ4n) is 3.01. The van der Waals surface area contributed by atoms with Crippen LogP contribution in [0.15, 0.2) is 18.7 Å². The Bertz CT molecular complexity index is 1030. The quantitative estimate of drug-likeness (QED) is 0.140. The Morgan fingerprint density at radius 3 is 2.13 bits per heavy atom. The van der Waals surface area contributed by atoms with Crippen LogP contribution in [0.4, 0.5) is 4.79 Å². The second-order valence-electron chi connectivity index (χ2n) is 11.6. The molecule has 1 rings (SSSR count). The maximum absolute atomic E-state index is 13.0. The summed E-state index contributed by atoms with van der Waals surface area (Å²) in [7, 11) is -1.88. The van der Waals surface area contributed by atoms with Gasteiger partial charge in [0, 0.05) is 30.7 Å². The number of hydrogen-bond donors (Lipinski definition) is 0. The molecule has 38 heavy (non-hydrogen) atoms. The van der Waals surface area contributed by atoms with Gasteiger partial charge in [-0.1, -0.05) is 57.5 Å². The third kappa shape index (κ3) is 10.0. The normalized spacial score (nSPS) is 12.2. The van der Waals surface area contributed by atoms with Crippen LogP contribution in [0.3, 0.4) is 0 Å². The molecule has 7 nitrogen and oxygen atoms in total. The second-order valence-corrected chi connectivity index (χ2v) is 17.2. The molecule has 0 radical (unpaired) electrons. The molecule has 10 heteroatoms. The number of nitrogens with zero attached hydrogens (tertiary/aromatic N) is 1. The van der Waals surface area contributed by atoms with Gasteiger partial charge in [0.05, 0.1) is 5.02 Å². The van der Waals surface area contributed by atoms with Crippen LogP contribution in [-0.4, -0.2) is 56.4 Å². The zero-order valence-electron chi connectivity index (χ0n) is 24.3. The monoisotopic (exact) mass is 587 g/mol. The first-order valence-electron chi connectivity index (χ1n) is 12.8. The molecule has 0 heterocycles. The zero-order valence-corrected chi connectivity index (χ0v) is 26.8. The van der Waals surface area contributed by atoms with E-state index in [0.717, 1.165) is 4.90 Å². The number of rotatable bonds is 12. The lowest BCUT2D eigenvalue weighted by Gasteiger charge is -2.36. The highest BCUT2D eigenvalue weighted by molar-refractivity contribution is 6.74. The van der Waals surface area contributed by atoms with E-state index >= 15 is 0 Å². The summed E-state index contributed by atoms with van der Waals surface area (Å²) in [6, 6.07) is 3.08. The number of unbranched alkanes of at least 4 members (excludes halogenated alkanes) is 1. The lowest BCUT2D eigenvalue weighted by molar-refractivity contribution is -0.132. The third-order valence-electron chi connectivity index (χ3n) is 6.34. The van der Waals surface area contributed by atoms with Crippen molar-refractivity contribution in [2.45, 2.75) is 91.5 Å². The maximum Gasteiger partial charge on any atom is 0.417 e. The molecule has 0 N–H and O–H groups in total. The van der Waals surface area contributed by atoms with Gasteiger partial charge in [-0.15, -0.1) is 0 Å². The SMILES string of the molecule is C=C(C(=O)CC)c1ccc(OCC(=O)N(CCCCO[Si](C)(C)C(C)(C)C)C(=O)OC(C)(C)C)c(Cl)c1Cl. The number of halogens is 2. The molecule has 0 saturated carbocycles. The molecule has 0 fully saturated rings. The standard InChI is InChI=1S/C28H43Cl2NO6Si/c1-11-21(32)19(2)20-14-15-22(25(30)24(20)29)35-18-23(33)31(26(34)37-27(3,4)5)16-12-13-17-36-38(9,10)28(6,7)8/h14-15H,2,11-13,16-18H2,1,3-10H3. The third-order valence-corrected chi connectivity index (χ3v) is 11.7. The van der Waals surface area contributed by atoms with Crippen LogP contribution in [0.2, 0.25) is 28.2 Å². The molecule has 2 amide bonds. The largest absolute Gasteiger partial charge is 0.482 e. The molecule has 0 saturated heterocycles. The van der Waals surface area contributed by atoms with Crippen molar-refractivity contribution >= 4 is 54.9 Å². The number of benzene rings is 1. The summed E-state index contributed by atoms with van der Waals surface area (Å²) in [6.45, 7) is 21.9. The van der Waals surface area contributed by atoms with Crippen molar-refractivity contribution in [2.75, 3.05) is 19.8 Å². The van der Waals surface area contributed by atoms with E-state index in [1.807, 2.05) is 0 Å². The second kappa shape index (κ2) is 14.0. The van der Waals surface area contributed by atoms with Gasteiger partial charge in [-0.2, -0.15) is 0 Å². The number of ketones is 1. The highest BCUT2D eigenvalue weighted by atomic mass is 35.5. The van der Waals surface area contributed by atoms with Gasteiger partial charge in [0.2, 0.25) is 0 Å². The van der Waals surface area contributed by atoms with Crippen molar-refractivity contribution in [2.24, 2.45) is 0 Å². The first kappa shape index (κ1) is 34.2. The van der Waals surface area contributed by atoms with Crippen molar-refractivity contribution in [3.8, 4) is 5.75 Å². The van der Waals surface area contributed by atoms with Crippen molar-refractivity contribution in [1.29, 1.82) is 0 Å². The number of allylic oxidation sites excluding steroid dienone is 1. The van der Waals surface area contributed by atoms with Crippen LogP contribution in [0, 0.1) is 0 Å². The first-order valence-corrected chi connectivity index (χ1v) is 16.5. The van der Waals surface area contributed by atoms with Gasteiger partial charge in [0.25, 0.3) is 5.91 Å². The van der Waals surface area contributed by atoms with E-state index in [1.54, 1.807) is 33.8 Å². The first-order chi connectivity index (χ1) is 17.3. The molecule has 0 unspecified atom stereocenters. The molecule has 0 bridgehead atoms. The van der Waals surface area contributed by atoms with Crippen LogP contribution in [0.1, 0.15) is 73.3 Å². The van der Waals surface area contributed by atoms with E-state index < -0.39 is 32.5 Å². The average molecular weight is 589 g/mol. The molecule has 0 aliphatic heterocycles. The van der Waals surface area contributed by atoms with Crippen molar-refractivity contribution < 1.29 is 28.3 Å². The average Bonchev–Trinajstić information content (AvgIpc) is 2.79. The summed E-state index contributed by atoms with van der Waals surface area (Å²) in [4.78, 5) is 38.9. The molecular formula is C28H43Cl2NO6Si. The Morgan fingerprint density at radius 1 is 1.00 bits per heavy atom. The Hall–Kier alpha value is -1.87. The predicted octanol–water partition coefficient (Wildman–Crippen LogP) is 7.93. The van der Waals surface area contributed by atoms with Gasteiger partial charge in [-0.3, -0.25) is 9.59 Å². The molecule has 0 spiro atoms. The fourth-order valence-corrected chi connectivity index (χ4v) is 4.59. The van der Waals surface area contributed by atoms with Crippen LogP contribution in [0.25, 0.3) is 5.57 Å². The minimum absolute atomic E-state index is 0.0496. The van der Waals surface area contributed by atoms with E-state index in [0.29, 0.717) is 25.0 Å². The van der Waals surface area contributed by atoms with Crippen LogP contribution < -0.4 is 4.74 Å². The Kier molecular flexibility index (Phi) is 12.6. The molecule has 1 aromatic rings. The maximum atomic E-state index is 13.0. The van der Waals surface area contributed by atoms with Gasteiger partial charge in [-0.05, 0) is 63.9 Å². The summed E-state index contributed by atoms with van der Waals surface area (Å²) in [5, 5.41) is 0.257. The minimum atomic E-state index is -1.88. The number of hydrogen-bond acceptors (Lipinski definition) is 6. The lowest BCUT2D eigenvalue weighted by atomic mass is 10.0. The Balaban J connectivity index is 2.91. The van der Waals surface area contributed by atoms with Gasteiger partial charge >= 0.3 is 6.09 Å². The molecule has 0 aromatic heterocycles. The van der Waals surface area contributed by atoms with E-state index in [9.17, 15) is 14.4 Å². The predicted molar refractivity (Wildman–Crippen MR) is 157 cm³/mol. The molecule has 214 valence electrons. The highest BCUT2D eigenvalue weighted by Crippen LogP contribution is 2.38. The summed E-state index contributed by atoms with van der Waals surface area (Å²) in [6.07, 6.45) is 0.769. The Morgan fingerprint density at radius 2 is 1.61 bits per heavy atom. The van der Waals surface area contributed by atoms with E-state index in [4.69, 9.17) is 37.1 Å². The van der Waals surface area contributed by atoms with Crippen LogP contribution in [0.5, 0.6) is 5.75 Å². The van der Waals surface area contributed by atoms with Gasteiger partial charge in [0.15, 0.2) is 20.7 Å².